The number of rotatable bonds is 6. The van der Waals surface area contributed by atoms with Gasteiger partial charge in [0, 0.05) is 5.56 Å². The molecular weight excluding hydrogens is 344 g/mol. The predicted molar refractivity (Wildman–Crippen MR) is 97.6 cm³/mol. The van der Waals surface area contributed by atoms with Crippen LogP contribution < -0.4 is 9.47 Å². The van der Waals surface area contributed by atoms with Gasteiger partial charge in [-0.3, -0.25) is 4.79 Å². The lowest BCUT2D eigenvalue weighted by atomic mass is 10.1. The van der Waals surface area contributed by atoms with Crippen LogP contribution in [-0.4, -0.2) is 11.1 Å². The molecule has 0 fully saturated rings. The van der Waals surface area contributed by atoms with E-state index in [1.165, 1.54) is 0 Å². The van der Waals surface area contributed by atoms with Gasteiger partial charge in [0.1, 0.15) is 23.0 Å². The molecule has 0 atom stereocenters. The van der Waals surface area contributed by atoms with Crippen LogP contribution in [0.2, 0.25) is 0 Å². The quantitative estimate of drug-likeness (QED) is 0.474. The lowest BCUT2D eigenvalue weighted by Crippen LogP contribution is -2.09. The van der Waals surface area contributed by atoms with Crippen molar-refractivity contribution in [3.8, 4) is 23.3 Å². The van der Waals surface area contributed by atoms with E-state index < -0.39 is 0 Å². The number of carbonyl (C=O) groups excluding carboxylic acids is 1. The Balaban J connectivity index is 1.53. The van der Waals surface area contributed by atoms with Crippen LogP contribution in [-0.2, 0) is 11.2 Å². The number of esters is 1. The van der Waals surface area contributed by atoms with Crippen molar-refractivity contribution in [2.45, 2.75) is 26.7 Å². The van der Waals surface area contributed by atoms with Crippen molar-refractivity contribution in [1.82, 2.24) is 5.16 Å². The van der Waals surface area contributed by atoms with Crippen LogP contribution in [0, 0.1) is 25.2 Å². The fourth-order valence-corrected chi connectivity index (χ4v) is 2.58. The number of nitrogens with zero attached hydrogens (tertiary/aromatic N) is 2. The molecule has 2 aromatic carbocycles. The fraction of sp³-hybridized carbons (Fsp3) is 0.190. The third kappa shape index (κ3) is 4.73. The summed E-state index contributed by atoms with van der Waals surface area (Å²) in [7, 11) is 0. The van der Waals surface area contributed by atoms with E-state index in [9.17, 15) is 4.79 Å². The van der Waals surface area contributed by atoms with Gasteiger partial charge in [-0.2, -0.15) is 5.26 Å². The van der Waals surface area contributed by atoms with Crippen LogP contribution >= 0.6 is 0 Å². The summed E-state index contributed by atoms with van der Waals surface area (Å²) in [5, 5.41) is 12.7. The standard InChI is InChI=1S/C21H18N2O4/c1-14-20(15(2)27-23-14)11-12-21(24)26-19-9-7-18(8-10-19)25-17-5-3-16(13-22)4-6-17/h3-10H,11-12H2,1-2H3. The number of hydrogen-bond acceptors (Lipinski definition) is 6. The van der Waals surface area contributed by atoms with Crippen molar-refractivity contribution in [1.29, 1.82) is 5.26 Å². The molecule has 0 unspecified atom stereocenters. The van der Waals surface area contributed by atoms with E-state index in [-0.39, 0.29) is 12.4 Å². The zero-order chi connectivity index (χ0) is 19.2. The largest absolute Gasteiger partial charge is 0.457 e. The summed E-state index contributed by atoms with van der Waals surface area (Å²) >= 11 is 0. The lowest BCUT2D eigenvalue weighted by molar-refractivity contribution is -0.134. The Morgan fingerprint density at radius 3 is 2.19 bits per heavy atom. The van der Waals surface area contributed by atoms with Crippen molar-refractivity contribution < 1.29 is 18.8 Å². The molecule has 0 amide bonds. The van der Waals surface area contributed by atoms with Crippen LogP contribution in [0.5, 0.6) is 17.2 Å². The maximum absolute atomic E-state index is 12.0. The minimum atomic E-state index is -0.323. The third-order valence-electron chi connectivity index (χ3n) is 4.03. The minimum absolute atomic E-state index is 0.242. The Labute approximate surface area is 156 Å². The lowest BCUT2D eigenvalue weighted by Gasteiger charge is -2.08. The molecule has 0 aliphatic heterocycles. The molecule has 136 valence electrons. The van der Waals surface area contributed by atoms with Gasteiger partial charge in [0.25, 0.3) is 0 Å². The second-order valence-electron chi connectivity index (χ2n) is 5.99. The summed E-state index contributed by atoms with van der Waals surface area (Å²) in [6.07, 6.45) is 0.770. The summed E-state index contributed by atoms with van der Waals surface area (Å²) in [5.74, 6) is 2.08. The molecule has 0 N–H and O–H groups in total. The topological polar surface area (TPSA) is 85.3 Å². The molecule has 6 nitrogen and oxygen atoms in total. The van der Waals surface area contributed by atoms with Crippen molar-refractivity contribution >= 4 is 5.97 Å². The first-order chi connectivity index (χ1) is 13.0. The van der Waals surface area contributed by atoms with Gasteiger partial charge in [0.2, 0.25) is 0 Å². The summed E-state index contributed by atoms with van der Waals surface area (Å²) in [5.41, 5.74) is 2.31. The molecule has 1 heterocycles. The van der Waals surface area contributed by atoms with E-state index in [0.717, 1.165) is 17.0 Å². The monoisotopic (exact) mass is 362 g/mol. The molecule has 0 aliphatic rings. The second-order valence-corrected chi connectivity index (χ2v) is 5.99. The van der Waals surface area contributed by atoms with Gasteiger partial charge in [-0.25, -0.2) is 0 Å². The van der Waals surface area contributed by atoms with Crippen LogP contribution in [0.15, 0.2) is 53.1 Å². The Bertz CT molecular complexity index is 947. The summed E-state index contributed by atoms with van der Waals surface area (Å²) in [4.78, 5) is 12.0. The highest BCUT2D eigenvalue weighted by Gasteiger charge is 2.12. The van der Waals surface area contributed by atoms with E-state index in [0.29, 0.717) is 29.2 Å². The van der Waals surface area contributed by atoms with Gasteiger partial charge in [0.05, 0.1) is 23.7 Å². The van der Waals surface area contributed by atoms with Crippen molar-refractivity contribution in [2.24, 2.45) is 0 Å². The molecule has 1 aromatic heterocycles. The highest BCUT2D eigenvalue weighted by Crippen LogP contribution is 2.24. The molecule has 3 rings (SSSR count). The third-order valence-corrected chi connectivity index (χ3v) is 4.03. The van der Waals surface area contributed by atoms with E-state index >= 15 is 0 Å². The Hall–Kier alpha value is -3.59. The van der Waals surface area contributed by atoms with Gasteiger partial charge in [-0.15, -0.1) is 0 Å². The number of nitriles is 1. The van der Waals surface area contributed by atoms with E-state index in [1.54, 1.807) is 48.5 Å². The Morgan fingerprint density at radius 2 is 1.63 bits per heavy atom. The number of ether oxygens (including phenoxy) is 2. The van der Waals surface area contributed by atoms with Crippen LogP contribution in [0.3, 0.4) is 0 Å². The smallest absolute Gasteiger partial charge is 0.311 e. The molecule has 3 aromatic rings. The van der Waals surface area contributed by atoms with Gasteiger partial charge in [-0.05, 0) is 68.8 Å². The zero-order valence-electron chi connectivity index (χ0n) is 15.1. The molecule has 0 saturated heterocycles. The summed E-state index contributed by atoms with van der Waals surface area (Å²) in [6, 6.07) is 15.7. The Morgan fingerprint density at radius 1 is 1.04 bits per heavy atom. The number of hydrogen-bond donors (Lipinski definition) is 0. The van der Waals surface area contributed by atoms with E-state index in [2.05, 4.69) is 11.2 Å². The van der Waals surface area contributed by atoms with Crippen LogP contribution in [0.4, 0.5) is 0 Å². The van der Waals surface area contributed by atoms with Crippen LogP contribution in [0.25, 0.3) is 0 Å². The van der Waals surface area contributed by atoms with E-state index in [4.69, 9.17) is 19.3 Å². The first-order valence-corrected chi connectivity index (χ1v) is 8.45. The average molecular weight is 362 g/mol. The minimum Gasteiger partial charge on any atom is -0.457 e. The van der Waals surface area contributed by atoms with Crippen molar-refractivity contribution in [3.63, 3.8) is 0 Å². The molecule has 0 aliphatic carbocycles. The number of carbonyl (C=O) groups is 1. The highest BCUT2D eigenvalue weighted by molar-refractivity contribution is 5.72. The molecule has 6 heteroatoms. The number of aryl methyl sites for hydroxylation is 2. The molecular formula is C21H18N2O4. The first kappa shape index (κ1) is 18.2. The fourth-order valence-electron chi connectivity index (χ4n) is 2.58. The van der Waals surface area contributed by atoms with Gasteiger partial charge < -0.3 is 14.0 Å². The highest BCUT2D eigenvalue weighted by atomic mass is 16.5. The maximum atomic E-state index is 12.0. The molecule has 27 heavy (non-hydrogen) atoms. The van der Waals surface area contributed by atoms with Gasteiger partial charge in [0.15, 0.2) is 0 Å². The van der Waals surface area contributed by atoms with Crippen molar-refractivity contribution in [3.05, 3.63) is 71.1 Å². The molecule has 0 radical (unpaired) electrons. The number of benzene rings is 2. The van der Waals surface area contributed by atoms with Crippen molar-refractivity contribution in [2.75, 3.05) is 0 Å². The summed E-state index contributed by atoms with van der Waals surface area (Å²) in [6.45, 7) is 3.68. The predicted octanol–water partition coefficient (Wildman–Crippen LogP) is 4.49. The normalized spacial score (nSPS) is 10.3. The van der Waals surface area contributed by atoms with E-state index in [1.807, 2.05) is 13.8 Å². The molecule has 0 saturated carbocycles. The summed E-state index contributed by atoms with van der Waals surface area (Å²) < 4.78 is 16.1. The molecule has 0 bridgehead atoms. The average Bonchev–Trinajstić information content (AvgIpc) is 3.00. The maximum Gasteiger partial charge on any atom is 0.311 e. The SMILES string of the molecule is Cc1noc(C)c1CCC(=O)Oc1ccc(Oc2ccc(C#N)cc2)cc1. The number of aromatic nitrogens is 1. The first-order valence-electron chi connectivity index (χ1n) is 8.45. The second kappa shape index (κ2) is 8.19. The zero-order valence-corrected chi connectivity index (χ0v) is 15.1. The molecule has 0 spiro atoms. The van der Waals surface area contributed by atoms with Crippen LogP contribution in [0.1, 0.15) is 29.0 Å². The Kier molecular flexibility index (Phi) is 5.53. The van der Waals surface area contributed by atoms with Gasteiger partial charge >= 0.3 is 5.97 Å². The van der Waals surface area contributed by atoms with Gasteiger partial charge in [-0.1, -0.05) is 5.16 Å².